The molecular formula is C23H27NO3S. The summed E-state index contributed by atoms with van der Waals surface area (Å²) >= 11 is 0. The third kappa shape index (κ3) is 3.11. The van der Waals surface area contributed by atoms with E-state index >= 15 is 0 Å². The maximum absolute atomic E-state index is 13.3. The Morgan fingerprint density at radius 1 is 1.00 bits per heavy atom. The zero-order valence-electron chi connectivity index (χ0n) is 16.4. The fourth-order valence-electron chi connectivity index (χ4n) is 5.27. The molecule has 2 fully saturated rings. The average Bonchev–Trinajstić information content (AvgIpc) is 3.01. The molecule has 2 atom stereocenters. The zero-order valence-corrected chi connectivity index (χ0v) is 17.2. The summed E-state index contributed by atoms with van der Waals surface area (Å²) < 4.78 is 29.5. The number of hydrogen-bond donors (Lipinski definition) is 1. The summed E-state index contributed by atoms with van der Waals surface area (Å²) in [6.07, 6.45) is 2.13. The monoisotopic (exact) mass is 397 g/mol. The van der Waals surface area contributed by atoms with Gasteiger partial charge in [-0.1, -0.05) is 74.5 Å². The zero-order chi connectivity index (χ0) is 20.0. The summed E-state index contributed by atoms with van der Waals surface area (Å²) in [5, 5.41) is 0. The number of benzene rings is 2. The summed E-state index contributed by atoms with van der Waals surface area (Å²) in [7, 11) is -3.68. The molecule has 0 aromatic heterocycles. The molecule has 2 aromatic rings. The first-order valence-electron chi connectivity index (χ1n) is 9.88. The Morgan fingerprint density at radius 3 is 1.96 bits per heavy atom. The Morgan fingerprint density at radius 2 is 1.54 bits per heavy atom. The Hall–Kier alpha value is -1.98. The van der Waals surface area contributed by atoms with Crippen molar-refractivity contribution in [1.82, 2.24) is 4.72 Å². The van der Waals surface area contributed by atoms with E-state index in [1.54, 1.807) is 0 Å². The average molecular weight is 398 g/mol. The van der Waals surface area contributed by atoms with Gasteiger partial charge in [-0.2, -0.15) is 0 Å². The lowest BCUT2D eigenvalue weighted by Gasteiger charge is -2.36. The van der Waals surface area contributed by atoms with Crippen LogP contribution < -0.4 is 4.72 Å². The first-order chi connectivity index (χ1) is 13.3. The Labute approximate surface area is 167 Å². The molecule has 0 aliphatic heterocycles. The van der Waals surface area contributed by atoms with Gasteiger partial charge in [0.2, 0.25) is 10.0 Å². The third-order valence-corrected chi connectivity index (χ3v) is 8.61. The summed E-state index contributed by atoms with van der Waals surface area (Å²) in [5.41, 5.74) is 0.738. The van der Waals surface area contributed by atoms with E-state index in [1.807, 2.05) is 60.7 Å². The van der Waals surface area contributed by atoms with E-state index < -0.39 is 21.5 Å². The molecule has 148 valence electrons. The number of nitrogens with one attached hydrogen (secondary N) is 1. The molecule has 28 heavy (non-hydrogen) atoms. The molecule has 0 unspecified atom stereocenters. The second kappa shape index (κ2) is 6.82. The lowest BCUT2D eigenvalue weighted by atomic mass is 9.70. The molecule has 4 rings (SSSR count). The minimum absolute atomic E-state index is 0.120. The van der Waals surface area contributed by atoms with E-state index in [0.717, 1.165) is 17.5 Å². The first-order valence-corrected chi connectivity index (χ1v) is 11.5. The molecule has 2 saturated carbocycles. The highest BCUT2D eigenvalue weighted by molar-refractivity contribution is 7.89. The van der Waals surface area contributed by atoms with Crippen LogP contribution in [0.3, 0.4) is 0 Å². The molecule has 5 heteroatoms. The van der Waals surface area contributed by atoms with Crippen molar-refractivity contribution in [3.05, 3.63) is 71.8 Å². The normalized spacial score (nSPS) is 26.1. The van der Waals surface area contributed by atoms with Crippen molar-refractivity contribution in [1.29, 1.82) is 0 Å². The molecule has 4 nitrogen and oxygen atoms in total. The van der Waals surface area contributed by atoms with E-state index in [-0.39, 0.29) is 17.0 Å². The molecule has 2 aliphatic rings. The van der Waals surface area contributed by atoms with Crippen LogP contribution in [0.1, 0.15) is 50.3 Å². The summed E-state index contributed by atoms with van der Waals surface area (Å²) in [6.45, 7) is 4.13. The fourth-order valence-corrected chi connectivity index (χ4v) is 7.31. The van der Waals surface area contributed by atoms with Crippen molar-refractivity contribution in [2.24, 2.45) is 16.7 Å². The number of hydrogen-bond acceptors (Lipinski definition) is 3. The topological polar surface area (TPSA) is 63.2 Å². The van der Waals surface area contributed by atoms with Crippen LogP contribution >= 0.6 is 0 Å². The Bertz CT molecular complexity index is 930. The molecule has 0 heterocycles. The van der Waals surface area contributed by atoms with Gasteiger partial charge in [0.15, 0.2) is 0 Å². The lowest BCUT2D eigenvalue weighted by molar-refractivity contribution is -0.128. The maximum atomic E-state index is 13.3. The largest absolute Gasteiger partial charge is 0.299 e. The quantitative estimate of drug-likeness (QED) is 0.798. The number of rotatable bonds is 6. The smallest absolute Gasteiger partial charge is 0.213 e. The number of fused-ring (bicyclic) bond motifs is 2. The summed E-state index contributed by atoms with van der Waals surface area (Å²) in [6, 6.07) is 18.7. The molecule has 0 amide bonds. The van der Waals surface area contributed by atoms with Gasteiger partial charge in [-0.15, -0.1) is 0 Å². The van der Waals surface area contributed by atoms with Gasteiger partial charge in [-0.3, -0.25) is 4.79 Å². The van der Waals surface area contributed by atoms with Crippen LogP contribution in [0.25, 0.3) is 0 Å². The van der Waals surface area contributed by atoms with Gasteiger partial charge in [-0.25, -0.2) is 13.1 Å². The SMILES string of the molecule is CC1(C)[C@@H]2CC[C@@]1(CS(=O)(=O)NC(c1ccccc1)c1ccccc1)C(=O)C2. The van der Waals surface area contributed by atoms with Crippen LogP contribution in [0, 0.1) is 16.7 Å². The number of ketones is 1. The maximum Gasteiger partial charge on any atom is 0.213 e. The molecule has 1 N–H and O–H groups in total. The molecule has 0 radical (unpaired) electrons. The highest BCUT2D eigenvalue weighted by Crippen LogP contribution is 2.64. The van der Waals surface area contributed by atoms with Gasteiger partial charge in [0.1, 0.15) is 5.78 Å². The predicted octanol–water partition coefficient (Wildman–Crippen LogP) is 4.09. The molecular weight excluding hydrogens is 370 g/mol. The number of Topliss-reactive ketones (excluding diaryl/α,β-unsaturated/α-hetero) is 1. The van der Waals surface area contributed by atoms with E-state index in [2.05, 4.69) is 18.6 Å². The highest BCUT2D eigenvalue weighted by Gasteiger charge is 2.65. The Kier molecular flexibility index (Phi) is 4.71. The minimum atomic E-state index is -3.68. The number of carbonyl (C=O) groups is 1. The van der Waals surface area contributed by atoms with Gasteiger partial charge < -0.3 is 0 Å². The molecule has 2 bridgehead atoms. The highest BCUT2D eigenvalue weighted by atomic mass is 32.2. The summed E-state index contributed by atoms with van der Waals surface area (Å²) in [4.78, 5) is 12.8. The van der Waals surface area contributed by atoms with Crippen molar-refractivity contribution in [2.45, 2.75) is 39.2 Å². The van der Waals surface area contributed by atoms with Crippen LogP contribution in [-0.2, 0) is 14.8 Å². The third-order valence-electron chi connectivity index (χ3n) is 7.14. The van der Waals surface area contributed by atoms with Gasteiger partial charge in [0, 0.05) is 11.8 Å². The second-order valence-corrected chi connectivity index (χ2v) is 10.6. The van der Waals surface area contributed by atoms with Crippen molar-refractivity contribution in [2.75, 3.05) is 5.75 Å². The molecule has 2 aromatic carbocycles. The van der Waals surface area contributed by atoms with Crippen molar-refractivity contribution >= 4 is 15.8 Å². The fraction of sp³-hybridized carbons (Fsp3) is 0.435. The lowest BCUT2D eigenvalue weighted by Crippen LogP contribution is -2.46. The van der Waals surface area contributed by atoms with Crippen LogP contribution in [0.4, 0.5) is 0 Å². The van der Waals surface area contributed by atoms with Crippen LogP contribution in [0.15, 0.2) is 60.7 Å². The predicted molar refractivity (Wildman–Crippen MR) is 110 cm³/mol. The van der Waals surface area contributed by atoms with Crippen molar-refractivity contribution < 1.29 is 13.2 Å². The van der Waals surface area contributed by atoms with E-state index in [4.69, 9.17) is 0 Å². The van der Waals surface area contributed by atoms with E-state index in [9.17, 15) is 13.2 Å². The molecule has 0 spiro atoms. The van der Waals surface area contributed by atoms with E-state index in [1.165, 1.54) is 0 Å². The van der Waals surface area contributed by atoms with Gasteiger partial charge >= 0.3 is 0 Å². The molecule has 2 aliphatic carbocycles. The van der Waals surface area contributed by atoms with Gasteiger partial charge in [0.05, 0.1) is 11.8 Å². The number of carbonyl (C=O) groups excluding carboxylic acids is 1. The first kappa shape index (κ1) is 19.3. The second-order valence-electron chi connectivity index (χ2n) is 8.80. The van der Waals surface area contributed by atoms with E-state index in [0.29, 0.717) is 18.8 Å². The van der Waals surface area contributed by atoms with Crippen molar-refractivity contribution in [3.63, 3.8) is 0 Å². The standard InChI is InChI=1S/C23H27NO3S/c1-22(2)19-13-14-23(22,20(25)15-19)16-28(26,27)24-21(17-9-5-3-6-10-17)18-11-7-4-8-12-18/h3-12,19,21,24H,13-16H2,1-2H3/t19-,23-/m1/s1. The summed E-state index contributed by atoms with van der Waals surface area (Å²) in [5.74, 6) is 0.294. The van der Waals surface area contributed by atoms with Crippen LogP contribution in [-0.4, -0.2) is 20.0 Å². The Balaban J connectivity index is 1.66. The molecule has 0 saturated heterocycles. The van der Waals surface area contributed by atoms with Crippen LogP contribution in [0.2, 0.25) is 0 Å². The number of sulfonamides is 1. The van der Waals surface area contributed by atoms with Crippen LogP contribution in [0.5, 0.6) is 0 Å². The van der Waals surface area contributed by atoms with Crippen molar-refractivity contribution in [3.8, 4) is 0 Å². The van der Waals surface area contributed by atoms with Gasteiger partial charge in [0.25, 0.3) is 0 Å². The minimum Gasteiger partial charge on any atom is -0.299 e. The van der Waals surface area contributed by atoms with Gasteiger partial charge in [-0.05, 0) is 35.3 Å².